The SMILES string of the molecule is Cc1cc(C(=NC2CCCCC2)NN)on1. The third-order valence-corrected chi connectivity index (χ3v) is 2.88. The largest absolute Gasteiger partial charge is 0.353 e. The highest BCUT2D eigenvalue weighted by molar-refractivity contribution is 5.95. The Kier molecular flexibility index (Phi) is 3.56. The Labute approximate surface area is 95.1 Å². The highest BCUT2D eigenvalue weighted by Crippen LogP contribution is 2.20. The number of nitrogens with one attached hydrogen (secondary N) is 1. The number of aryl methyl sites for hydroxylation is 1. The van der Waals surface area contributed by atoms with Crippen LogP contribution in [0.25, 0.3) is 0 Å². The number of nitrogens with two attached hydrogens (primary N) is 1. The molecule has 1 fully saturated rings. The topological polar surface area (TPSA) is 76.4 Å². The Morgan fingerprint density at radius 2 is 2.25 bits per heavy atom. The highest BCUT2D eigenvalue weighted by atomic mass is 16.5. The quantitative estimate of drug-likeness (QED) is 0.344. The van der Waals surface area contributed by atoms with Crippen molar-refractivity contribution in [3.63, 3.8) is 0 Å². The Morgan fingerprint density at radius 1 is 1.50 bits per heavy atom. The maximum absolute atomic E-state index is 5.46. The molecular weight excluding hydrogens is 204 g/mol. The zero-order chi connectivity index (χ0) is 11.4. The molecule has 5 heteroatoms. The first-order valence-corrected chi connectivity index (χ1v) is 5.77. The van der Waals surface area contributed by atoms with Crippen LogP contribution in [0, 0.1) is 6.92 Å². The van der Waals surface area contributed by atoms with Gasteiger partial charge in [0.2, 0.25) is 5.76 Å². The molecule has 0 aromatic carbocycles. The second-order valence-corrected chi connectivity index (χ2v) is 4.25. The summed E-state index contributed by atoms with van der Waals surface area (Å²) in [5.41, 5.74) is 3.43. The maximum atomic E-state index is 5.46. The number of aromatic nitrogens is 1. The van der Waals surface area contributed by atoms with Crippen LogP contribution >= 0.6 is 0 Å². The van der Waals surface area contributed by atoms with Gasteiger partial charge in [-0.15, -0.1) is 0 Å². The lowest BCUT2D eigenvalue weighted by molar-refractivity contribution is 0.403. The van der Waals surface area contributed by atoms with Gasteiger partial charge in [0.05, 0.1) is 11.7 Å². The number of hydrogen-bond donors (Lipinski definition) is 2. The summed E-state index contributed by atoms with van der Waals surface area (Å²) in [6, 6.07) is 2.20. The van der Waals surface area contributed by atoms with Crippen molar-refractivity contribution >= 4 is 5.84 Å². The number of nitrogens with zero attached hydrogens (tertiary/aromatic N) is 2. The fraction of sp³-hybridized carbons (Fsp3) is 0.636. The first-order valence-electron chi connectivity index (χ1n) is 5.77. The van der Waals surface area contributed by atoms with Gasteiger partial charge in [-0.05, 0) is 19.8 Å². The van der Waals surface area contributed by atoms with Crippen LogP contribution in [-0.2, 0) is 0 Å². The zero-order valence-electron chi connectivity index (χ0n) is 9.57. The lowest BCUT2D eigenvalue weighted by Crippen LogP contribution is -2.32. The summed E-state index contributed by atoms with van der Waals surface area (Å²) in [6.45, 7) is 1.88. The normalized spacial score (nSPS) is 18.8. The van der Waals surface area contributed by atoms with Crippen molar-refractivity contribution in [2.45, 2.75) is 45.1 Å². The predicted octanol–water partition coefficient (Wildman–Crippen LogP) is 1.53. The first kappa shape index (κ1) is 11.1. The number of aliphatic imine (C=N–C) groups is 1. The van der Waals surface area contributed by atoms with Gasteiger partial charge in [0.1, 0.15) is 0 Å². The molecule has 3 N–H and O–H groups in total. The van der Waals surface area contributed by atoms with Crippen LogP contribution in [-0.4, -0.2) is 17.0 Å². The van der Waals surface area contributed by atoms with Gasteiger partial charge in [0, 0.05) is 6.07 Å². The molecule has 0 radical (unpaired) electrons. The van der Waals surface area contributed by atoms with Crippen LogP contribution in [0.5, 0.6) is 0 Å². The maximum Gasteiger partial charge on any atom is 0.202 e. The highest BCUT2D eigenvalue weighted by Gasteiger charge is 2.15. The number of amidine groups is 1. The molecule has 0 spiro atoms. The molecule has 88 valence electrons. The molecule has 0 bridgehead atoms. The van der Waals surface area contributed by atoms with Crippen molar-refractivity contribution < 1.29 is 4.52 Å². The van der Waals surface area contributed by atoms with E-state index in [1.165, 1.54) is 19.3 Å². The van der Waals surface area contributed by atoms with Crippen molar-refractivity contribution in [2.24, 2.45) is 10.8 Å². The van der Waals surface area contributed by atoms with Crippen LogP contribution < -0.4 is 11.3 Å². The molecule has 1 aromatic heterocycles. The Morgan fingerprint density at radius 3 is 2.81 bits per heavy atom. The van der Waals surface area contributed by atoms with E-state index in [0.29, 0.717) is 17.6 Å². The van der Waals surface area contributed by atoms with E-state index in [-0.39, 0.29) is 0 Å². The van der Waals surface area contributed by atoms with Crippen molar-refractivity contribution in [3.8, 4) is 0 Å². The summed E-state index contributed by atoms with van der Waals surface area (Å²) in [4.78, 5) is 4.58. The molecule has 0 unspecified atom stereocenters. The van der Waals surface area contributed by atoms with E-state index in [0.717, 1.165) is 18.5 Å². The van der Waals surface area contributed by atoms with Gasteiger partial charge < -0.3 is 9.95 Å². The Balaban J connectivity index is 2.11. The summed E-state index contributed by atoms with van der Waals surface area (Å²) in [5.74, 6) is 6.68. The third-order valence-electron chi connectivity index (χ3n) is 2.88. The third kappa shape index (κ3) is 2.61. The van der Waals surface area contributed by atoms with Crippen LogP contribution in [0.3, 0.4) is 0 Å². The van der Waals surface area contributed by atoms with Gasteiger partial charge in [-0.2, -0.15) is 0 Å². The molecule has 5 nitrogen and oxygen atoms in total. The standard InChI is InChI=1S/C11H18N4O/c1-8-7-10(16-15-8)11(14-12)13-9-5-3-2-4-6-9/h7,9H,2-6,12H2,1H3,(H,13,14). The molecule has 1 saturated carbocycles. The van der Waals surface area contributed by atoms with Crippen molar-refractivity contribution in [2.75, 3.05) is 0 Å². The molecule has 1 aromatic rings. The monoisotopic (exact) mass is 222 g/mol. The fourth-order valence-corrected chi connectivity index (χ4v) is 2.04. The average Bonchev–Trinajstić information content (AvgIpc) is 2.74. The summed E-state index contributed by atoms with van der Waals surface area (Å²) >= 11 is 0. The summed E-state index contributed by atoms with van der Waals surface area (Å²) in [7, 11) is 0. The van der Waals surface area contributed by atoms with Crippen molar-refractivity contribution in [1.29, 1.82) is 0 Å². The molecule has 0 amide bonds. The van der Waals surface area contributed by atoms with Gasteiger partial charge in [-0.3, -0.25) is 4.99 Å². The average molecular weight is 222 g/mol. The van der Waals surface area contributed by atoms with Crippen molar-refractivity contribution in [1.82, 2.24) is 10.6 Å². The van der Waals surface area contributed by atoms with E-state index in [1.807, 2.05) is 13.0 Å². The van der Waals surface area contributed by atoms with E-state index >= 15 is 0 Å². The van der Waals surface area contributed by atoms with Crippen LogP contribution in [0.2, 0.25) is 0 Å². The molecule has 0 saturated heterocycles. The molecule has 1 aliphatic rings. The number of rotatable bonds is 2. The van der Waals surface area contributed by atoms with E-state index < -0.39 is 0 Å². The van der Waals surface area contributed by atoms with Gasteiger partial charge in [-0.25, -0.2) is 5.84 Å². The second kappa shape index (κ2) is 5.12. The van der Waals surface area contributed by atoms with Crippen LogP contribution in [0.1, 0.15) is 43.6 Å². The minimum atomic E-state index is 0.366. The molecule has 1 aliphatic carbocycles. The molecule has 16 heavy (non-hydrogen) atoms. The van der Waals surface area contributed by atoms with Gasteiger partial charge in [0.25, 0.3) is 0 Å². The van der Waals surface area contributed by atoms with Gasteiger partial charge in [0.15, 0.2) is 5.84 Å². The van der Waals surface area contributed by atoms with E-state index in [9.17, 15) is 0 Å². The molecule has 0 aliphatic heterocycles. The lowest BCUT2D eigenvalue weighted by atomic mass is 9.96. The molecule has 0 atom stereocenters. The van der Waals surface area contributed by atoms with Crippen LogP contribution in [0.15, 0.2) is 15.6 Å². The molecule has 1 heterocycles. The smallest absolute Gasteiger partial charge is 0.202 e. The molecular formula is C11H18N4O. The van der Waals surface area contributed by atoms with Crippen molar-refractivity contribution in [3.05, 3.63) is 17.5 Å². The minimum Gasteiger partial charge on any atom is -0.353 e. The first-order chi connectivity index (χ1) is 7.79. The lowest BCUT2D eigenvalue weighted by Gasteiger charge is -2.18. The summed E-state index contributed by atoms with van der Waals surface area (Å²) < 4.78 is 5.14. The fourth-order valence-electron chi connectivity index (χ4n) is 2.04. The van der Waals surface area contributed by atoms with E-state index in [1.54, 1.807) is 0 Å². The number of hydrazine groups is 1. The Bertz CT molecular complexity index is 366. The second-order valence-electron chi connectivity index (χ2n) is 4.25. The van der Waals surface area contributed by atoms with Gasteiger partial charge in [-0.1, -0.05) is 24.4 Å². The van der Waals surface area contributed by atoms with E-state index in [2.05, 4.69) is 15.6 Å². The zero-order valence-corrected chi connectivity index (χ0v) is 9.57. The number of hydrogen-bond acceptors (Lipinski definition) is 4. The minimum absolute atomic E-state index is 0.366. The Hall–Kier alpha value is -1.36. The summed E-state index contributed by atoms with van der Waals surface area (Å²) in [5, 5.41) is 3.83. The van der Waals surface area contributed by atoms with Crippen LogP contribution in [0.4, 0.5) is 0 Å². The van der Waals surface area contributed by atoms with E-state index in [4.69, 9.17) is 10.4 Å². The molecule has 2 rings (SSSR count). The summed E-state index contributed by atoms with van der Waals surface area (Å²) in [6.07, 6.45) is 6.10. The predicted molar refractivity (Wildman–Crippen MR) is 62.0 cm³/mol. The van der Waals surface area contributed by atoms with Gasteiger partial charge >= 0.3 is 0 Å².